The molecule has 4 rings (SSSR count). The third-order valence-electron chi connectivity index (χ3n) is 5.83. The second kappa shape index (κ2) is 9.20. The molecule has 0 aliphatic carbocycles. The number of methoxy groups -OCH3 is 1. The maximum Gasteiger partial charge on any atom is 0.224 e. The van der Waals surface area contributed by atoms with E-state index in [2.05, 4.69) is 38.8 Å². The highest BCUT2D eigenvalue weighted by molar-refractivity contribution is 6.28. The molecule has 0 spiro atoms. The Morgan fingerprint density at radius 1 is 1.13 bits per heavy atom. The number of benzene rings is 2. The number of hydrogen-bond acceptors (Lipinski definition) is 5. The number of nitrogens with zero attached hydrogens (tertiary/aromatic N) is 4. The number of fused-ring (bicyclic) bond motifs is 1. The van der Waals surface area contributed by atoms with Gasteiger partial charge in [0, 0.05) is 32.2 Å². The van der Waals surface area contributed by atoms with Gasteiger partial charge in [0.25, 0.3) is 0 Å². The fraction of sp³-hybridized carbons (Fsp3) is 0.333. The van der Waals surface area contributed by atoms with Crippen LogP contribution < -0.4 is 9.64 Å². The molecule has 31 heavy (non-hydrogen) atoms. The third kappa shape index (κ3) is 4.50. The van der Waals surface area contributed by atoms with Crippen molar-refractivity contribution in [2.24, 2.45) is 0 Å². The van der Waals surface area contributed by atoms with Gasteiger partial charge in [-0.25, -0.2) is 14.4 Å². The van der Waals surface area contributed by atoms with Crippen LogP contribution in [0.3, 0.4) is 0 Å². The van der Waals surface area contributed by atoms with Crippen LogP contribution in [0.1, 0.15) is 35.3 Å². The van der Waals surface area contributed by atoms with Gasteiger partial charge in [0.2, 0.25) is 5.28 Å². The Balaban J connectivity index is 1.78. The van der Waals surface area contributed by atoms with Gasteiger partial charge in [0.15, 0.2) is 0 Å². The van der Waals surface area contributed by atoms with Gasteiger partial charge < -0.3 is 9.64 Å². The quantitative estimate of drug-likeness (QED) is 0.511. The van der Waals surface area contributed by atoms with Gasteiger partial charge in [-0.05, 0) is 60.3 Å². The van der Waals surface area contributed by atoms with Gasteiger partial charge in [-0.1, -0.05) is 24.3 Å². The number of anilines is 1. The van der Waals surface area contributed by atoms with Gasteiger partial charge in [0.1, 0.15) is 17.4 Å². The molecule has 0 bridgehead atoms. The van der Waals surface area contributed by atoms with Crippen molar-refractivity contribution < 1.29 is 9.13 Å². The molecule has 2 aromatic carbocycles. The van der Waals surface area contributed by atoms with Crippen LogP contribution >= 0.6 is 11.6 Å². The molecular weight excluding hydrogens is 415 g/mol. The van der Waals surface area contributed by atoms with Crippen LogP contribution in [0.5, 0.6) is 5.75 Å². The van der Waals surface area contributed by atoms with Gasteiger partial charge in [0.05, 0.1) is 18.8 Å². The molecule has 0 saturated carbocycles. The fourth-order valence-electron chi connectivity index (χ4n) is 4.10. The molecule has 3 aromatic rings. The zero-order valence-electron chi connectivity index (χ0n) is 18.0. The van der Waals surface area contributed by atoms with Crippen LogP contribution in [0, 0.1) is 5.82 Å². The second-order valence-electron chi connectivity index (χ2n) is 7.72. The average Bonchev–Trinajstić information content (AvgIpc) is 2.79. The Morgan fingerprint density at radius 3 is 2.48 bits per heavy atom. The van der Waals surface area contributed by atoms with Crippen molar-refractivity contribution in [3.63, 3.8) is 0 Å². The molecule has 7 heteroatoms. The van der Waals surface area contributed by atoms with Gasteiger partial charge in [-0.2, -0.15) is 0 Å². The van der Waals surface area contributed by atoms with Crippen LogP contribution in [0.25, 0.3) is 0 Å². The minimum Gasteiger partial charge on any atom is -0.497 e. The normalized spacial score (nSPS) is 16.1. The van der Waals surface area contributed by atoms with Crippen molar-refractivity contribution >= 4 is 17.4 Å². The molecule has 0 N–H and O–H groups in total. The first-order valence-electron chi connectivity index (χ1n) is 10.4. The van der Waals surface area contributed by atoms with Gasteiger partial charge in [-0.3, -0.25) is 4.90 Å². The van der Waals surface area contributed by atoms with Gasteiger partial charge >= 0.3 is 0 Å². The lowest BCUT2D eigenvalue weighted by molar-refractivity contribution is 0.200. The summed E-state index contributed by atoms with van der Waals surface area (Å²) in [5.41, 5.74) is 4.15. The summed E-state index contributed by atoms with van der Waals surface area (Å²) in [6.07, 6.45) is 0.819. The van der Waals surface area contributed by atoms with Crippen molar-refractivity contribution in [1.29, 1.82) is 0 Å². The van der Waals surface area contributed by atoms with Crippen molar-refractivity contribution in [3.05, 3.63) is 82.0 Å². The maximum atomic E-state index is 13.7. The van der Waals surface area contributed by atoms with Crippen LogP contribution in [-0.4, -0.2) is 42.1 Å². The molecule has 0 radical (unpaired) electrons. The van der Waals surface area contributed by atoms with Crippen LogP contribution in [0.2, 0.25) is 5.28 Å². The molecule has 162 valence electrons. The molecule has 0 amide bonds. The van der Waals surface area contributed by atoms with Crippen molar-refractivity contribution in [2.45, 2.75) is 25.9 Å². The topological polar surface area (TPSA) is 41.5 Å². The first kappa shape index (κ1) is 21.5. The Kier molecular flexibility index (Phi) is 6.39. The van der Waals surface area contributed by atoms with E-state index in [0.717, 1.165) is 54.4 Å². The molecule has 1 aliphatic heterocycles. The Hall–Kier alpha value is -2.70. The zero-order chi connectivity index (χ0) is 22.0. The molecule has 1 unspecified atom stereocenters. The third-order valence-corrected chi connectivity index (χ3v) is 6.00. The first-order valence-corrected chi connectivity index (χ1v) is 10.8. The van der Waals surface area contributed by atoms with E-state index >= 15 is 0 Å². The summed E-state index contributed by atoms with van der Waals surface area (Å²) < 4.78 is 18.9. The van der Waals surface area contributed by atoms with Crippen LogP contribution in [0.4, 0.5) is 10.2 Å². The second-order valence-corrected chi connectivity index (χ2v) is 8.05. The maximum absolute atomic E-state index is 13.7. The lowest BCUT2D eigenvalue weighted by Gasteiger charge is -2.38. The summed E-state index contributed by atoms with van der Waals surface area (Å²) in [6, 6.07) is 14.6. The van der Waals surface area contributed by atoms with E-state index in [0.29, 0.717) is 0 Å². The summed E-state index contributed by atoms with van der Waals surface area (Å²) in [4.78, 5) is 13.6. The van der Waals surface area contributed by atoms with Crippen molar-refractivity contribution in [3.8, 4) is 5.75 Å². The average molecular weight is 441 g/mol. The molecule has 1 aliphatic rings. The number of hydrogen-bond donors (Lipinski definition) is 0. The van der Waals surface area contributed by atoms with E-state index in [1.54, 1.807) is 7.11 Å². The van der Waals surface area contributed by atoms with E-state index in [4.69, 9.17) is 16.3 Å². The smallest absolute Gasteiger partial charge is 0.224 e. The van der Waals surface area contributed by atoms with Crippen LogP contribution in [-0.2, 0) is 13.0 Å². The molecule has 1 atom stereocenters. The van der Waals surface area contributed by atoms with E-state index in [9.17, 15) is 4.39 Å². The standard InChI is InChI=1S/C24H26ClFN4O/c1-4-29(2)23-20-13-14-30(15-16-5-11-19(31-3)12-6-16)22(21(20)27-24(25)28-23)17-7-9-18(26)10-8-17/h5-12,22H,4,13-15H2,1-3H3. The molecular formula is C24H26ClFN4O. The van der Waals surface area contributed by atoms with E-state index < -0.39 is 0 Å². The minimum atomic E-state index is -0.256. The molecule has 0 saturated heterocycles. The van der Waals surface area contributed by atoms with E-state index in [-0.39, 0.29) is 17.1 Å². The summed E-state index contributed by atoms with van der Waals surface area (Å²) in [6.45, 7) is 4.46. The summed E-state index contributed by atoms with van der Waals surface area (Å²) in [5, 5.41) is 0.229. The number of ether oxygens (including phenoxy) is 1. The zero-order valence-corrected chi connectivity index (χ0v) is 18.7. The Morgan fingerprint density at radius 2 is 1.84 bits per heavy atom. The van der Waals surface area contributed by atoms with E-state index in [1.165, 1.54) is 17.7 Å². The van der Waals surface area contributed by atoms with Crippen molar-refractivity contribution in [1.82, 2.24) is 14.9 Å². The lowest BCUT2D eigenvalue weighted by atomic mass is 9.91. The van der Waals surface area contributed by atoms with Crippen molar-refractivity contribution in [2.75, 3.05) is 32.1 Å². The monoisotopic (exact) mass is 440 g/mol. The SMILES string of the molecule is CCN(C)c1nc(Cl)nc2c1CCN(Cc1ccc(OC)cc1)C2c1ccc(F)cc1. The number of aromatic nitrogens is 2. The predicted molar refractivity (Wildman–Crippen MR) is 121 cm³/mol. The Labute approximate surface area is 187 Å². The summed E-state index contributed by atoms with van der Waals surface area (Å²) >= 11 is 6.36. The largest absolute Gasteiger partial charge is 0.497 e. The molecule has 0 fully saturated rings. The highest BCUT2D eigenvalue weighted by atomic mass is 35.5. The van der Waals surface area contributed by atoms with Gasteiger partial charge in [-0.15, -0.1) is 0 Å². The number of rotatable bonds is 6. The molecule has 5 nitrogen and oxygen atoms in total. The Bertz CT molecular complexity index is 1040. The predicted octanol–water partition coefficient (Wildman–Crippen LogP) is 4.88. The van der Waals surface area contributed by atoms with Crippen LogP contribution in [0.15, 0.2) is 48.5 Å². The minimum absolute atomic E-state index is 0.143. The number of halogens is 2. The fourth-order valence-corrected chi connectivity index (χ4v) is 4.27. The highest BCUT2D eigenvalue weighted by Crippen LogP contribution is 2.38. The molecule has 1 aromatic heterocycles. The summed E-state index contributed by atoms with van der Waals surface area (Å²) in [5.74, 6) is 1.44. The van der Waals surface area contributed by atoms with E-state index in [1.807, 2.05) is 31.3 Å². The molecule has 2 heterocycles. The highest BCUT2D eigenvalue weighted by Gasteiger charge is 2.33. The first-order chi connectivity index (χ1) is 15.0. The lowest BCUT2D eigenvalue weighted by Crippen LogP contribution is -2.37. The summed E-state index contributed by atoms with van der Waals surface area (Å²) in [7, 11) is 3.67.